The molecule has 1 aromatic heterocycles. The number of para-hydroxylation sites is 1. The van der Waals surface area contributed by atoms with Gasteiger partial charge in [-0.15, -0.1) is 0 Å². The molecular formula is C14H18N2O. The lowest BCUT2D eigenvalue weighted by molar-refractivity contribution is 0.0795. The molecule has 0 unspecified atom stereocenters. The highest BCUT2D eigenvalue weighted by Crippen LogP contribution is 2.15. The zero-order valence-corrected chi connectivity index (χ0v) is 10.3. The van der Waals surface area contributed by atoms with Gasteiger partial charge in [-0.2, -0.15) is 0 Å². The Morgan fingerprint density at radius 3 is 2.76 bits per heavy atom. The number of nitrogens with zero attached hydrogens (tertiary/aromatic N) is 1. The van der Waals surface area contributed by atoms with E-state index in [4.69, 9.17) is 0 Å². The summed E-state index contributed by atoms with van der Waals surface area (Å²) in [7, 11) is 0. The van der Waals surface area contributed by atoms with Gasteiger partial charge in [-0.1, -0.05) is 18.2 Å². The molecule has 0 bridgehead atoms. The Hall–Kier alpha value is -1.45. The van der Waals surface area contributed by atoms with Crippen molar-refractivity contribution in [3.8, 4) is 0 Å². The number of hydrogen-bond donors (Lipinski definition) is 2. The van der Waals surface area contributed by atoms with Crippen LogP contribution < -0.4 is 5.32 Å². The maximum Gasteiger partial charge on any atom is 0.0715 e. The molecular weight excluding hydrogens is 212 g/mol. The minimum absolute atomic E-state index is 0.573. The van der Waals surface area contributed by atoms with E-state index in [9.17, 15) is 5.11 Å². The van der Waals surface area contributed by atoms with Crippen LogP contribution in [0.2, 0.25) is 0 Å². The molecule has 0 saturated heterocycles. The summed E-state index contributed by atoms with van der Waals surface area (Å²) in [6, 6.07) is 10.1. The molecule has 1 heterocycles. The van der Waals surface area contributed by atoms with Gasteiger partial charge in [0.15, 0.2) is 0 Å². The van der Waals surface area contributed by atoms with Crippen molar-refractivity contribution in [3.63, 3.8) is 0 Å². The third kappa shape index (κ3) is 3.25. The smallest absolute Gasteiger partial charge is 0.0715 e. The Kier molecular flexibility index (Phi) is 3.41. The van der Waals surface area contributed by atoms with Crippen molar-refractivity contribution in [2.45, 2.75) is 26.0 Å². The van der Waals surface area contributed by atoms with Gasteiger partial charge in [-0.3, -0.25) is 4.98 Å². The van der Waals surface area contributed by atoms with Crippen LogP contribution in [0.15, 0.2) is 36.5 Å². The highest BCUT2D eigenvalue weighted by atomic mass is 16.3. The van der Waals surface area contributed by atoms with Gasteiger partial charge in [0.2, 0.25) is 0 Å². The summed E-state index contributed by atoms with van der Waals surface area (Å²) in [5, 5.41) is 14.1. The fraction of sp³-hybridized carbons (Fsp3) is 0.357. The highest BCUT2D eigenvalue weighted by Gasteiger charge is 2.11. The van der Waals surface area contributed by atoms with Gasteiger partial charge in [0, 0.05) is 24.7 Å². The lowest BCUT2D eigenvalue weighted by Gasteiger charge is -2.18. The molecule has 0 saturated carbocycles. The number of rotatable bonds is 4. The second-order valence-corrected chi connectivity index (χ2v) is 4.90. The number of nitrogens with one attached hydrogen (secondary N) is 1. The number of fused-ring (bicyclic) bond motifs is 1. The summed E-state index contributed by atoms with van der Waals surface area (Å²) in [5.41, 5.74) is 1.54. The molecule has 0 atom stereocenters. The number of pyridine rings is 1. The first-order valence-electron chi connectivity index (χ1n) is 5.82. The van der Waals surface area contributed by atoms with E-state index in [-0.39, 0.29) is 0 Å². The first-order chi connectivity index (χ1) is 8.06. The molecule has 0 aliphatic rings. The minimum Gasteiger partial charge on any atom is -0.389 e. The van der Waals surface area contributed by atoms with E-state index < -0.39 is 5.60 Å². The summed E-state index contributed by atoms with van der Waals surface area (Å²) in [4.78, 5) is 4.32. The SMILES string of the molecule is CC(C)(O)CNCc1ccnc2ccccc12. The van der Waals surface area contributed by atoms with Crippen LogP contribution in [0.5, 0.6) is 0 Å². The monoisotopic (exact) mass is 230 g/mol. The summed E-state index contributed by atoms with van der Waals surface area (Å²) >= 11 is 0. The molecule has 3 nitrogen and oxygen atoms in total. The summed E-state index contributed by atoms with van der Waals surface area (Å²) in [6.07, 6.45) is 1.82. The maximum atomic E-state index is 9.63. The fourth-order valence-corrected chi connectivity index (χ4v) is 1.81. The summed E-state index contributed by atoms with van der Waals surface area (Å²) in [6.45, 7) is 4.91. The van der Waals surface area contributed by atoms with E-state index in [1.54, 1.807) is 13.8 Å². The van der Waals surface area contributed by atoms with Crippen molar-refractivity contribution < 1.29 is 5.11 Å². The standard InChI is InChI=1S/C14H18N2O/c1-14(2,17)10-15-9-11-7-8-16-13-6-4-3-5-12(11)13/h3-8,15,17H,9-10H2,1-2H3. The van der Waals surface area contributed by atoms with Gasteiger partial charge >= 0.3 is 0 Å². The largest absolute Gasteiger partial charge is 0.389 e. The molecule has 17 heavy (non-hydrogen) atoms. The average Bonchev–Trinajstić information content (AvgIpc) is 2.28. The van der Waals surface area contributed by atoms with E-state index in [2.05, 4.69) is 16.4 Å². The molecule has 0 radical (unpaired) electrons. The predicted octanol–water partition coefficient (Wildman–Crippen LogP) is 2.10. The molecule has 3 heteroatoms. The Balaban J connectivity index is 2.13. The Bertz CT molecular complexity index is 498. The van der Waals surface area contributed by atoms with Crippen LogP contribution in [0.1, 0.15) is 19.4 Å². The second kappa shape index (κ2) is 4.82. The second-order valence-electron chi connectivity index (χ2n) is 4.90. The molecule has 2 rings (SSSR count). The van der Waals surface area contributed by atoms with Crippen molar-refractivity contribution in [1.29, 1.82) is 0 Å². The summed E-state index contributed by atoms with van der Waals surface area (Å²) < 4.78 is 0. The first-order valence-corrected chi connectivity index (χ1v) is 5.82. The van der Waals surface area contributed by atoms with E-state index >= 15 is 0 Å². The van der Waals surface area contributed by atoms with E-state index in [0.717, 1.165) is 12.1 Å². The van der Waals surface area contributed by atoms with Crippen LogP contribution in [0.4, 0.5) is 0 Å². The van der Waals surface area contributed by atoms with Crippen LogP contribution >= 0.6 is 0 Å². The van der Waals surface area contributed by atoms with Crippen molar-refractivity contribution >= 4 is 10.9 Å². The Labute approximate surface area is 102 Å². The Morgan fingerprint density at radius 1 is 1.24 bits per heavy atom. The fourth-order valence-electron chi connectivity index (χ4n) is 1.81. The van der Waals surface area contributed by atoms with Gasteiger partial charge in [-0.05, 0) is 31.5 Å². The lowest BCUT2D eigenvalue weighted by Crippen LogP contribution is -2.34. The van der Waals surface area contributed by atoms with E-state index in [1.807, 2.05) is 30.5 Å². The van der Waals surface area contributed by atoms with Crippen LogP contribution in [0.3, 0.4) is 0 Å². The van der Waals surface area contributed by atoms with Crippen LogP contribution in [-0.2, 0) is 6.54 Å². The molecule has 2 N–H and O–H groups in total. The topological polar surface area (TPSA) is 45.1 Å². The van der Waals surface area contributed by atoms with Crippen molar-refractivity contribution in [3.05, 3.63) is 42.1 Å². The van der Waals surface area contributed by atoms with E-state index in [0.29, 0.717) is 6.54 Å². The van der Waals surface area contributed by atoms with Gasteiger partial charge in [-0.25, -0.2) is 0 Å². The van der Waals surface area contributed by atoms with Crippen LogP contribution in [0, 0.1) is 0 Å². The van der Waals surface area contributed by atoms with Crippen LogP contribution in [0.25, 0.3) is 10.9 Å². The minimum atomic E-state index is -0.678. The van der Waals surface area contributed by atoms with Crippen molar-refractivity contribution in [2.75, 3.05) is 6.54 Å². The number of aliphatic hydroxyl groups is 1. The zero-order valence-electron chi connectivity index (χ0n) is 10.3. The predicted molar refractivity (Wildman–Crippen MR) is 69.7 cm³/mol. The molecule has 0 fully saturated rings. The molecule has 2 aromatic rings. The average molecular weight is 230 g/mol. The molecule has 0 aliphatic heterocycles. The molecule has 0 spiro atoms. The summed E-state index contributed by atoms with van der Waals surface area (Å²) in [5.74, 6) is 0. The lowest BCUT2D eigenvalue weighted by atomic mass is 10.1. The van der Waals surface area contributed by atoms with Crippen molar-refractivity contribution in [1.82, 2.24) is 10.3 Å². The highest BCUT2D eigenvalue weighted by molar-refractivity contribution is 5.81. The normalized spacial score (nSPS) is 11.9. The zero-order chi connectivity index (χ0) is 12.3. The third-order valence-electron chi connectivity index (χ3n) is 2.61. The van der Waals surface area contributed by atoms with E-state index in [1.165, 1.54) is 10.9 Å². The van der Waals surface area contributed by atoms with Crippen LogP contribution in [-0.4, -0.2) is 22.2 Å². The number of hydrogen-bond acceptors (Lipinski definition) is 3. The molecule has 90 valence electrons. The quantitative estimate of drug-likeness (QED) is 0.845. The molecule has 0 amide bonds. The van der Waals surface area contributed by atoms with Gasteiger partial charge in [0.1, 0.15) is 0 Å². The van der Waals surface area contributed by atoms with Gasteiger partial charge < -0.3 is 10.4 Å². The third-order valence-corrected chi connectivity index (χ3v) is 2.61. The molecule has 0 aliphatic carbocycles. The number of benzene rings is 1. The first kappa shape index (κ1) is 12.0. The number of aromatic nitrogens is 1. The van der Waals surface area contributed by atoms with Crippen molar-refractivity contribution in [2.24, 2.45) is 0 Å². The maximum absolute atomic E-state index is 9.63. The Morgan fingerprint density at radius 2 is 2.00 bits per heavy atom. The van der Waals surface area contributed by atoms with Gasteiger partial charge in [0.05, 0.1) is 11.1 Å². The van der Waals surface area contributed by atoms with Gasteiger partial charge in [0.25, 0.3) is 0 Å². The molecule has 1 aromatic carbocycles.